The SMILES string of the molecule is CN(C)Cc1cccc(-c2cc(CNCC3CCO3)ccc2F)c1. The van der Waals surface area contributed by atoms with Crippen LogP contribution in [0.1, 0.15) is 17.5 Å². The molecule has 128 valence electrons. The molecule has 0 aliphatic carbocycles. The molecule has 0 bridgehead atoms. The summed E-state index contributed by atoms with van der Waals surface area (Å²) in [5, 5.41) is 3.39. The van der Waals surface area contributed by atoms with Gasteiger partial charge in [-0.1, -0.05) is 24.3 Å². The van der Waals surface area contributed by atoms with Gasteiger partial charge >= 0.3 is 0 Å². The summed E-state index contributed by atoms with van der Waals surface area (Å²) in [5.41, 5.74) is 3.86. The van der Waals surface area contributed by atoms with Gasteiger partial charge < -0.3 is 15.0 Å². The predicted octanol–water partition coefficient (Wildman–Crippen LogP) is 3.43. The molecule has 1 atom stereocenters. The van der Waals surface area contributed by atoms with Crippen LogP contribution in [-0.2, 0) is 17.8 Å². The molecule has 1 unspecified atom stereocenters. The van der Waals surface area contributed by atoms with Crippen molar-refractivity contribution >= 4 is 0 Å². The predicted molar refractivity (Wildman–Crippen MR) is 95.3 cm³/mol. The van der Waals surface area contributed by atoms with Crippen molar-refractivity contribution in [3.05, 3.63) is 59.4 Å². The lowest BCUT2D eigenvalue weighted by Crippen LogP contribution is -2.36. The molecule has 0 saturated carbocycles. The van der Waals surface area contributed by atoms with E-state index in [0.29, 0.717) is 11.7 Å². The summed E-state index contributed by atoms with van der Waals surface area (Å²) in [6, 6.07) is 13.5. The van der Waals surface area contributed by atoms with Crippen molar-refractivity contribution in [1.82, 2.24) is 10.2 Å². The maximum atomic E-state index is 14.3. The molecule has 3 rings (SSSR count). The summed E-state index contributed by atoms with van der Waals surface area (Å²) in [4.78, 5) is 2.11. The molecule has 1 saturated heterocycles. The zero-order valence-corrected chi connectivity index (χ0v) is 14.4. The lowest BCUT2D eigenvalue weighted by atomic mass is 10.00. The summed E-state index contributed by atoms with van der Waals surface area (Å²) in [6.07, 6.45) is 1.47. The van der Waals surface area contributed by atoms with Crippen molar-refractivity contribution in [2.45, 2.75) is 25.6 Å². The first-order valence-corrected chi connectivity index (χ1v) is 8.46. The fraction of sp³-hybridized carbons (Fsp3) is 0.400. The summed E-state index contributed by atoms with van der Waals surface area (Å²) in [5.74, 6) is -0.178. The third-order valence-corrected chi connectivity index (χ3v) is 4.26. The maximum absolute atomic E-state index is 14.3. The number of rotatable bonds is 7. The molecule has 24 heavy (non-hydrogen) atoms. The number of nitrogens with zero attached hydrogens (tertiary/aromatic N) is 1. The lowest BCUT2D eigenvalue weighted by molar-refractivity contribution is -0.0484. The van der Waals surface area contributed by atoms with Crippen LogP contribution < -0.4 is 5.32 Å². The van der Waals surface area contributed by atoms with E-state index < -0.39 is 0 Å². The Morgan fingerprint density at radius 2 is 2.00 bits per heavy atom. The molecule has 0 radical (unpaired) electrons. The van der Waals surface area contributed by atoms with Gasteiger partial charge in [0.25, 0.3) is 0 Å². The highest BCUT2D eigenvalue weighted by molar-refractivity contribution is 5.65. The van der Waals surface area contributed by atoms with Gasteiger partial charge in [0.2, 0.25) is 0 Å². The normalized spacial score (nSPS) is 17.1. The van der Waals surface area contributed by atoms with Crippen LogP contribution in [0.25, 0.3) is 11.1 Å². The molecule has 1 heterocycles. The van der Waals surface area contributed by atoms with Crippen LogP contribution in [0.15, 0.2) is 42.5 Å². The van der Waals surface area contributed by atoms with Gasteiger partial charge in [-0.15, -0.1) is 0 Å². The number of halogens is 1. The second kappa shape index (κ2) is 7.88. The Hall–Kier alpha value is -1.75. The van der Waals surface area contributed by atoms with Crippen molar-refractivity contribution in [1.29, 1.82) is 0 Å². The summed E-state index contributed by atoms with van der Waals surface area (Å²) >= 11 is 0. The third kappa shape index (κ3) is 4.41. The first kappa shape index (κ1) is 17.1. The van der Waals surface area contributed by atoms with E-state index in [1.165, 1.54) is 5.56 Å². The maximum Gasteiger partial charge on any atom is 0.131 e. The van der Waals surface area contributed by atoms with Gasteiger partial charge in [-0.25, -0.2) is 4.39 Å². The van der Waals surface area contributed by atoms with Crippen molar-refractivity contribution in [3.8, 4) is 11.1 Å². The van der Waals surface area contributed by atoms with Gasteiger partial charge in [-0.3, -0.25) is 0 Å². The second-order valence-electron chi connectivity index (χ2n) is 6.66. The van der Waals surface area contributed by atoms with Crippen molar-refractivity contribution in [2.24, 2.45) is 0 Å². The van der Waals surface area contributed by atoms with E-state index >= 15 is 0 Å². The Bertz CT molecular complexity index is 683. The van der Waals surface area contributed by atoms with Crippen LogP contribution in [0.4, 0.5) is 4.39 Å². The highest BCUT2D eigenvalue weighted by Gasteiger charge is 2.17. The molecule has 4 heteroatoms. The molecule has 1 fully saturated rings. The van der Waals surface area contributed by atoms with E-state index in [4.69, 9.17) is 4.74 Å². The smallest absolute Gasteiger partial charge is 0.131 e. The van der Waals surface area contributed by atoms with E-state index in [0.717, 1.165) is 43.8 Å². The van der Waals surface area contributed by atoms with Crippen LogP contribution in [0, 0.1) is 5.82 Å². The zero-order valence-electron chi connectivity index (χ0n) is 14.4. The molecular formula is C20H25FN2O. The summed E-state index contributed by atoms with van der Waals surface area (Å²) < 4.78 is 19.7. The monoisotopic (exact) mass is 328 g/mol. The van der Waals surface area contributed by atoms with Crippen molar-refractivity contribution in [3.63, 3.8) is 0 Å². The zero-order chi connectivity index (χ0) is 16.9. The average Bonchev–Trinajstić information content (AvgIpc) is 2.51. The molecule has 1 N–H and O–H groups in total. The molecular weight excluding hydrogens is 303 g/mol. The van der Waals surface area contributed by atoms with Gasteiger partial charge in [0.1, 0.15) is 5.82 Å². The summed E-state index contributed by atoms with van der Waals surface area (Å²) in [6.45, 7) is 3.30. The first-order chi connectivity index (χ1) is 11.6. The van der Waals surface area contributed by atoms with Crippen LogP contribution in [-0.4, -0.2) is 38.3 Å². The van der Waals surface area contributed by atoms with E-state index in [2.05, 4.69) is 22.3 Å². The minimum atomic E-state index is -0.178. The van der Waals surface area contributed by atoms with E-state index in [1.807, 2.05) is 38.4 Å². The minimum absolute atomic E-state index is 0.178. The van der Waals surface area contributed by atoms with E-state index in [9.17, 15) is 4.39 Å². The van der Waals surface area contributed by atoms with Gasteiger partial charge in [0, 0.05) is 31.8 Å². The van der Waals surface area contributed by atoms with Gasteiger partial charge in [-0.05, 0) is 55.4 Å². The van der Waals surface area contributed by atoms with Crippen LogP contribution in [0.5, 0.6) is 0 Å². The number of benzene rings is 2. The third-order valence-electron chi connectivity index (χ3n) is 4.26. The lowest BCUT2D eigenvalue weighted by Gasteiger charge is -2.26. The Kier molecular flexibility index (Phi) is 5.61. The molecule has 0 spiro atoms. The van der Waals surface area contributed by atoms with E-state index in [1.54, 1.807) is 6.07 Å². The number of nitrogens with one attached hydrogen (secondary N) is 1. The quantitative estimate of drug-likeness (QED) is 0.843. The van der Waals surface area contributed by atoms with Crippen molar-refractivity contribution in [2.75, 3.05) is 27.2 Å². The van der Waals surface area contributed by atoms with Gasteiger partial charge in [-0.2, -0.15) is 0 Å². The summed E-state index contributed by atoms with van der Waals surface area (Å²) in [7, 11) is 4.07. The van der Waals surface area contributed by atoms with Crippen LogP contribution in [0.3, 0.4) is 0 Å². The highest BCUT2D eigenvalue weighted by atomic mass is 19.1. The van der Waals surface area contributed by atoms with Gasteiger partial charge in [0.15, 0.2) is 0 Å². The van der Waals surface area contributed by atoms with Crippen molar-refractivity contribution < 1.29 is 9.13 Å². The number of hydrogen-bond acceptors (Lipinski definition) is 3. The molecule has 1 aliphatic heterocycles. The van der Waals surface area contributed by atoms with Crippen LogP contribution in [0.2, 0.25) is 0 Å². The Morgan fingerprint density at radius 1 is 1.17 bits per heavy atom. The first-order valence-electron chi connectivity index (χ1n) is 8.46. The Balaban J connectivity index is 1.73. The molecule has 2 aromatic rings. The molecule has 0 aromatic heterocycles. The highest BCUT2D eigenvalue weighted by Crippen LogP contribution is 2.25. The second-order valence-corrected chi connectivity index (χ2v) is 6.66. The molecule has 2 aromatic carbocycles. The Morgan fingerprint density at radius 3 is 2.71 bits per heavy atom. The average molecular weight is 328 g/mol. The minimum Gasteiger partial charge on any atom is -0.377 e. The topological polar surface area (TPSA) is 24.5 Å². The largest absolute Gasteiger partial charge is 0.377 e. The molecule has 1 aliphatic rings. The standard InChI is InChI=1S/C20H25FN2O/c1-23(2)14-16-4-3-5-17(10-16)19-11-15(6-7-20(19)21)12-22-13-18-8-9-24-18/h3-7,10-11,18,22H,8-9,12-14H2,1-2H3. The van der Waals surface area contributed by atoms with Crippen LogP contribution >= 0.6 is 0 Å². The fourth-order valence-electron chi connectivity index (χ4n) is 2.93. The molecule has 0 amide bonds. The molecule has 3 nitrogen and oxygen atoms in total. The van der Waals surface area contributed by atoms with E-state index in [-0.39, 0.29) is 5.82 Å². The number of ether oxygens (including phenoxy) is 1. The fourth-order valence-corrected chi connectivity index (χ4v) is 2.93. The Labute approximate surface area is 143 Å². The number of hydrogen-bond donors (Lipinski definition) is 1. The van der Waals surface area contributed by atoms with Gasteiger partial charge in [0.05, 0.1) is 6.10 Å².